The third kappa shape index (κ3) is 4.34. The van der Waals surface area contributed by atoms with Crippen LogP contribution in [-0.4, -0.2) is 32.0 Å². The molecular weight excluding hydrogens is 308 g/mol. The van der Waals surface area contributed by atoms with E-state index < -0.39 is 0 Å². The Kier molecular flexibility index (Phi) is 4.43. The van der Waals surface area contributed by atoms with Crippen LogP contribution < -0.4 is 5.32 Å². The van der Waals surface area contributed by atoms with Crippen molar-refractivity contribution in [3.05, 3.63) is 36.2 Å². The fourth-order valence-electron chi connectivity index (χ4n) is 2.32. The summed E-state index contributed by atoms with van der Waals surface area (Å²) in [5.74, 6) is 1.85. The van der Waals surface area contributed by atoms with Crippen LogP contribution in [0.4, 0.5) is 0 Å². The van der Waals surface area contributed by atoms with Crippen molar-refractivity contribution in [2.75, 3.05) is 5.75 Å². The number of nitrogens with one attached hydrogen (secondary N) is 1. The molecule has 1 N–H and O–H groups in total. The minimum absolute atomic E-state index is 0.00605. The van der Waals surface area contributed by atoms with Crippen LogP contribution in [0.1, 0.15) is 45.4 Å². The summed E-state index contributed by atoms with van der Waals surface area (Å²) in [5, 5.41) is 8.22. The smallest absolute Gasteiger partial charge is 0.230 e. The van der Waals surface area contributed by atoms with Crippen molar-refractivity contribution in [2.24, 2.45) is 0 Å². The SMILES string of the molecule is CC(C)(C)NC(=O)CSc1nc(C2CC2)n(-c2ccccc2)n1. The lowest BCUT2D eigenvalue weighted by molar-refractivity contribution is -0.119. The number of benzene rings is 1. The van der Waals surface area contributed by atoms with Crippen molar-refractivity contribution in [3.63, 3.8) is 0 Å². The van der Waals surface area contributed by atoms with Gasteiger partial charge in [0, 0.05) is 11.5 Å². The first-order valence-corrected chi connectivity index (χ1v) is 8.87. The molecule has 1 aliphatic carbocycles. The molecule has 1 aliphatic rings. The van der Waals surface area contributed by atoms with Gasteiger partial charge in [-0.25, -0.2) is 9.67 Å². The van der Waals surface area contributed by atoms with Crippen molar-refractivity contribution in [1.29, 1.82) is 0 Å². The number of carbonyl (C=O) groups excluding carboxylic acids is 1. The Bertz CT molecular complexity index is 686. The summed E-state index contributed by atoms with van der Waals surface area (Å²) in [6, 6.07) is 10.0. The topological polar surface area (TPSA) is 59.8 Å². The van der Waals surface area contributed by atoms with E-state index in [9.17, 15) is 4.79 Å². The van der Waals surface area contributed by atoms with E-state index >= 15 is 0 Å². The summed E-state index contributed by atoms with van der Waals surface area (Å²) < 4.78 is 1.92. The van der Waals surface area contributed by atoms with Crippen molar-refractivity contribution < 1.29 is 4.79 Å². The Morgan fingerprint density at radius 3 is 2.61 bits per heavy atom. The summed E-state index contributed by atoms with van der Waals surface area (Å²) in [6.07, 6.45) is 2.33. The third-order valence-corrected chi connectivity index (χ3v) is 4.24. The van der Waals surface area contributed by atoms with Gasteiger partial charge in [0.25, 0.3) is 0 Å². The fraction of sp³-hybridized carbons (Fsp3) is 0.471. The number of amides is 1. The van der Waals surface area contributed by atoms with Gasteiger partial charge in [0.05, 0.1) is 11.4 Å². The van der Waals surface area contributed by atoms with Gasteiger partial charge in [-0.3, -0.25) is 4.79 Å². The van der Waals surface area contributed by atoms with Crippen LogP contribution in [0, 0.1) is 0 Å². The minimum atomic E-state index is -0.215. The van der Waals surface area contributed by atoms with Gasteiger partial charge in [-0.1, -0.05) is 30.0 Å². The van der Waals surface area contributed by atoms with Crippen molar-refractivity contribution >= 4 is 17.7 Å². The van der Waals surface area contributed by atoms with E-state index in [2.05, 4.69) is 15.4 Å². The summed E-state index contributed by atoms with van der Waals surface area (Å²) >= 11 is 1.39. The quantitative estimate of drug-likeness (QED) is 0.856. The maximum Gasteiger partial charge on any atom is 0.230 e. The molecule has 2 aromatic rings. The maximum absolute atomic E-state index is 11.9. The maximum atomic E-state index is 11.9. The molecule has 0 bridgehead atoms. The van der Waals surface area contributed by atoms with E-state index in [1.54, 1.807) is 0 Å². The first kappa shape index (κ1) is 16.1. The van der Waals surface area contributed by atoms with Gasteiger partial charge in [0.15, 0.2) is 0 Å². The molecule has 5 nitrogen and oxygen atoms in total. The highest BCUT2D eigenvalue weighted by atomic mass is 32.2. The lowest BCUT2D eigenvalue weighted by atomic mass is 10.1. The number of carbonyl (C=O) groups is 1. The summed E-state index contributed by atoms with van der Waals surface area (Å²) in [5.41, 5.74) is 0.807. The van der Waals surface area contributed by atoms with Crippen LogP contribution in [0.2, 0.25) is 0 Å². The van der Waals surface area contributed by atoms with Crippen LogP contribution in [-0.2, 0) is 4.79 Å². The Balaban J connectivity index is 1.73. The molecule has 1 amide bonds. The highest BCUT2D eigenvalue weighted by molar-refractivity contribution is 7.99. The summed E-state index contributed by atoms with van der Waals surface area (Å²) in [7, 11) is 0. The molecule has 0 radical (unpaired) electrons. The first-order valence-electron chi connectivity index (χ1n) is 7.88. The van der Waals surface area contributed by atoms with Gasteiger partial charge < -0.3 is 5.32 Å². The zero-order chi connectivity index (χ0) is 16.4. The van der Waals surface area contributed by atoms with Gasteiger partial charge in [0.1, 0.15) is 5.82 Å². The Hall–Kier alpha value is -1.82. The number of thioether (sulfide) groups is 1. The molecule has 1 aromatic carbocycles. The molecule has 122 valence electrons. The van der Waals surface area contributed by atoms with Crippen LogP contribution in [0.3, 0.4) is 0 Å². The highest BCUT2D eigenvalue weighted by Crippen LogP contribution is 2.40. The second-order valence-corrected chi connectivity index (χ2v) is 7.80. The molecule has 1 saturated carbocycles. The summed E-state index contributed by atoms with van der Waals surface area (Å²) in [4.78, 5) is 16.6. The molecule has 1 fully saturated rings. The Labute approximate surface area is 140 Å². The molecule has 0 unspecified atom stereocenters. The lowest BCUT2D eigenvalue weighted by Crippen LogP contribution is -2.41. The van der Waals surface area contributed by atoms with Gasteiger partial charge in [0.2, 0.25) is 11.1 Å². The number of para-hydroxylation sites is 1. The largest absolute Gasteiger partial charge is 0.351 e. The monoisotopic (exact) mass is 330 g/mol. The van der Waals surface area contributed by atoms with E-state index in [4.69, 9.17) is 0 Å². The van der Waals surface area contributed by atoms with E-state index in [0.29, 0.717) is 16.8 Å². The van der Waals surface area contributed by atoms with Crippen molar-refractivity contribution in [2.45, 2.75) is 50.2 Å². The molecule has 0 saturated heterocycles. The zero-order valence-electron chi connectivity index (χ0n) is 13.7. The molecule has 6 heteroatoms. The predicted molar refractivity (Wildman–Crippen MR) is 92.0 cm³/mol. The van der Waals surface area contributed by atoms with E-state index in [1.165, 1.54) is 24.6 Å². The average molecular weight is 330 g/mol. The molecule has 0 spiro atoms. The lowest BCUT2D eigenvalue weighted by Gasteiger charge is -2.19. The molecule has 23 heavy (non-hydrogen) atoms. The zero-order valence-corrected chi connectivity index (χ0v) is 14.6. The Morgan fingerprint density at radius 1 is 1.30 bits per heavy atom. The standard InChI is InChI=1S/C17H22N4OS/c1-17(2,3)19-14(22)11-23-16-18-15(12-9-10-12)21(20-16)13-7-5-4-6-8-13/h4-8,12H,9-11H2,1-3H3,(H,19,22). The fourth-order valence-corrected chi connectivity index (χ4v) is 2.94. The molecule has 1 aromatic heterocycles. The van der Waals surface area contributed by atoms with Crippen LogP contribution in [0.15, 0.2) is 35.5 Å². The van der Waals surface area contributed by atoms with E-state index in [1.807, 2.05) is 55.8 Å². The molecular formula is C17H22N4OS. The van der Waals surface area contributed by atoms with Crippen LogP contribution in [0.5, 0.6) is 0 Å². The summed E-state index contributed by atoms with van der Waals surface area (Å²) in [6.45, 7) is 5.93. The van der Waals surface area contributed by atoms with Gasteiger partial charge in [-0.05, 0) is 45.7 Å². The number of hydrogen-bond donors (Lipinski definition) is 1. The number of aromatic nitrogens is 3. The molecule has 1 heterocycles. The van der Waals surface area contributed by atoms with E-state index in [0.717, 1.165) is 11.5 Å². The second kappa shape index (κ2) is 6.35. The second-order valence-electron chi connectivity index (χ2n) is 6.86. The van der Waals surface area contributed by atoms with Crippen LogP contribution in [0.25, 0.3) is 5.69 Å². The normalized spacial score (nSPS) is 14.7. The average Bonchev–Trinajstić information content (AvgIpc) is 3.24. The Morgan fingerprint density at radius 2 is 2.00 bits per heavy atom. The van der Waals surface area contributed by atoms with Crippen molar-refractivity contribution in [3.8, 4) is 5.69 Å². The number of nitrogens with zero attached hydrogens (tertiary/aromatic N) is 3. The highest BCUT2D eigenvalue weighted by Gasteiger charge is 2.30. The van der Waals surface area contributed by atoms with E-state index in [-0.39, 0.29) is 11.4 Å². The van der Waals surface area contributed by atoms with Crippen LogP contribution >= 0.6 is 11.8 Å². The van der Waals surface area contributed by atoms with Gasteiger partial charge >= 0.3 is 0 Å². The number of rotatable bonds is 5. The molecule has 0 atom stereocenters. The minimum Gasteiger partial charge on any atom is -0.351 e. The van der Waals surface area contributed by atoms with Gasteiger partial charge in [-0.2, -0.15) is 0 Å². The first-order chi connectivity index (χ1) is 10.9. The molecule has 0 aliphatic heterocycles. The molecule has 3 rings (SSSR count). The van der Waals surface area contributed by atoms with Gasteiger partial charge in [-0.15, -0.1) is 5.10 Å². The van der Waals surface area contributed by atoms with Crippen molar-refractivity contribution in [1.82, 2.24) is 20.1 Å². The number of hydrogen-bond acceptors (Lipinski definition) is 4. The predicted octanol–water partition coefficient (Wildman–Crippen LogP) is 3.15. The third-order valence-electron chi connectivity index (χ3n) is 3.40.